The van der Waals surface area contributed by atoms with Crippen LogP contribution in [0.2, 0.25) is 0 Å². The molecule has 0 bridgehead atoms. The molecule has 1 unspecified atom stereocenters. The van der Waals surface area contributed by atoms with E-state index in [-0.39, 0.29) is 31.1 Å². The number of ether oxygens (including phenoxy) is 3. The molecule has 0 aromatic rings. The van der Waals surface area contributed by atoms with E-state index in [1.807, 2.05) is 0 Å². The summed E-state index contributed by atoms with van der Waals surface area (Å²) in [5, 5.41) is 0. The highest BCUT2D eigenvalue weighted by Crippen LogP contribution is 2.16. The van der Waals surface area contributed by atoms with Crippen LogP contribution in [0.1, 0.15) is 323 Å². The van der Waals surface area contributed by atoms with Gasteiger partial charge >= 0.3 is 17.9 Å². The zero-order valence-electron chi connectivity index (χ0n) is 45.6. The summed E-state index contributed by atoms with van der Waals surface area (Å²) in [6, 6.07) is 0. The summed E-state index contributed by atoms with van der Waals surface area (Å²) in [6.07, 6.45) is 68.5. The summed E-state index contributed by atoms with van der Waals surface area (Å²) in [4.78, 5) is 38.2. The normalized spacial score (nSPS) is 12.2. The second kappa shape index (κ2) is 57.2. The van der Waals surface area contributed by atoms with E-state index in [1.165, 1.54) is 218 Å². The van der Waals surface area contributed by atoms with Gasteiger partial charge in [-0.15, -0.1) is 0 Å². The van der Waals surface area contributed by atoms with Gasteiger partial charge in [-0.1, -0.05) is 243 Å². The number of unbranched alkanes of at least 4 members (excludes halogenated alkanes) is 38. The third-order valence-electron chi connectivity index (χ3n) is 13.3. The molecule has 0 N–H and O–H groups in total. The van der Waals surface area contributed by atoms with Crippen molar-refractivity contribution in [3.05, 3.63) is 36.5 Å². The van der Waals surface area contributed by atoms with Crippen LogP contribution in [0, 0.1) is 0 Å². The molecule has 6 heteroatoms. The fourth-order valence-corrected chi connectivity index (χ4v) is 8.78. The van der Waals surface area contributed by atoms with Crippen LogP contribution in [-0.4, -0.2) is 37.2 Å². The summed E-state index contributed by atoms with van der Waals surface area (Å²) in [5.41, 5.74) is 0. The number of carbonyl (C=O) groups excluding carboxylic acids is 3. The van der Waals surface area contributed by atoms with Crippen molar-refractivity contribution in [1.82, 2.24) is 0 Å². The molecule has 398 valence electrons. The third kappa shape index (κ3) is 54.6. The number of esters is 3. The largest absolute Gasteiger partial charge is 0.462 e. The lowest BCUT2D eigenvalue weighted by Crippen LogP contribution is -2.30. The molecule has 68 heavy (non-hydrogen) atoms. The minimum atomic E-state index is -0.777. The van der Waals surface area contributed by atoms with Crippen molar-refractivity contribution in [2.75, 3.05) is 13.2 Å². The van der Waals surface area contributed by atoms with E-state index in [4.69, 9.17) is 14.2 Å². The van der Waals surface area contributed by atoms with Gasteiger partial charge in [0, 0.05) is 19.3 Å². The molecule has 0 amide bonds. The Morgan fingerprint density at radius 1 is 0.279 bits per heavy atom. The van der Waals surface area contributed by atoms with Crippen LogP contribution in [0.5, 0.6) is 0 Å². The van der Waals surface area contributed by atoms with Gasteiger partial charge in [-0.25, -0.2) is 0 Å². The Labute approximate surface area is 423 Å². The minimum Gasteiger partial charge on any atom is -0.462 e. The minimum absolute atomic E-state index is 0.0751. The number of rotatable bonds is 55. The van der Waals surface area contributed by atoms with Gasteiger partial charge in [-0.2, -0.15) is 0 Å². The van der Waals surface area contributed by atoms with Gasteiger partial charge in [0.05, 0.1) is 0 Å². The summed E-state index contributed by atoms with van der Waals surface area (Å²) in [5.74, 6) is -0.873. The van der Waals surface area contributed by atoms with E-state index in [9.17, 15) is 14.4 Å². The smallest absolute Gasteiger partial charge is 0.306 e. The number of carbonyl (C=O) groups is 3. The lowest BCUT2D eigenvalue weighted by atomic mass is 10.1. The van der Waals surface area contributed by atoms with E-state index >= 15 is 0 Å². The predicted octanol–water partition coefficient (Wildman–Crippen LogP) is 20.0. The fourth-order valence-electron chi connectivity index (χ4n) is 8.78. The van der Waals surface area contributed by atoms with Crippen molar-refractivity contribution in [2.45, 2.75) is 329 Å². The van der Waals surface area contributed by atoms with E-state index in [1.54, 1.807) is 0 Å². The quantitative estimate of drug-likeness (QED) is 0.0262. The molecule has 0 heterocycles. The van der Waals surface area contributed by atoms with Gasteiger partial charge in [0.2, 0.25) is 0 Å². The highest BCUT2D eigenvalue weighted by molar-refractivity contribution is 5.71. The summed E-state index contributed by atoms with van der Waals surface area (Å²) in [7, 11) is 0. The van der Waals surface area contributed by atoms with E-state index < -0.39 is 6.10 Å². The van der Waals surface area contributed by atoms with E-state index in [0.29, 0.717) is 19.3 Å². The molecule has 0 fully saturated rings. The molecule has 0 saturated heterocycles. The maximum absolute atomic E-state index is 12.9. The average Bonchev–Trinajstić information content (AvgIpc) is 3.34. The van der Waals surface area contributed by atoms with Gasteiger partial charge < -0.3 is 14.2 Å². The van der Waals surface area contributed by atoms with Crippen molar-refractivity contribution in [3.8, 4) is 0 Å². The van der Waals surface area contributed by atoms with Crippen molar-refractivity contribution in [1.29, 1.82) is 0 Å². The Kier molecular flexibility index (Phi) is 55.2. The van der Waals surface area contributed by atoms with Crippen molar-refractivity contribution in [3.63, 3.8) is 0 Å². The van der Waals surface area contributed by atoms with Crippen LogP contribution in [-0.2, 0) is 28.6 Å². The predicted molar refractivity (Wildman–Crippen MR) is 293 cm³/mol. The van der Waals surface area contributed by atoms with E-state index in [0.717, 1.165) is 64.2 Å². The number of hydrogen-bond acceptors (Lipinski definition) is 6. The molecule has 6 nitrogen and oxygen atoms in total. The van der Waals surface area contributed by atoms with E-state index in [2.05, 4.69) is 57.2 Å². The highest BCUT2D eigenvalue weighted by atomic mass is 16.6. The van der Waals surface area contributed by atoms with Gasteiger partial charge in [0.25, 0.3) is 0 Å². The third-order valence-corrected chi connectivity index (χ3v) is 13.3. The van der Waals surface area contributed by atoms with Crippen molar-refractivity contribution in [2.24, 2.45) is 0 Å². The molecule has 0 saturated carbocycles. The molecule has 0 aliphatic carbocycles. The maximum atomic E-state index is 12.9. The lowest BCUT2D eigenvalue weighted by molar-refractivity contribution is -0.167. The Balaban J connectivity index is 4.33. The first-order valence-electron chi connectivity index (χ1n) is 30.0. The van der Waals surface area contributed by atoms with Gasteiger partial charge in [-0.05, 0) is 96.3 Å². The van der Waals surface area contributed by atoms with Crippen LogP contribution in [0.3, 0.4) is 0 Å². The standard InChI is InChI=1S/C62H114O6/c1-4-7-10-13-16-19-22-25-27-29-31-33-34-37-40-43-46-49-52-55-61(64)67-58-59(57-66-60(63)54-51-48-45-42-39-36-24-21-18-15-12-9-6-3)68-62(65)56-53-50-47-44-41-38-35-32-30-28-26-23-20-17-14-11-8-5-2/h21,24-25,27-28,30,59H,4-20,22-23,26,29,31-58H2,1-3H3/b24-21-,27-25-,30-28-. The van der Waals surface area contributed by atoms with Crippen LogP contribution in [0.4, 0.5) is 0 Å². The monoisotopic (exact) mass is 955 g/mol. The molecular formula is C62H114O6. The second-order valence-corrected chi connectivity index (χ2v) is 20.2. The van der Waals surface area contributed by atoms with Gasteiger partial charge in [0.15, 0.2) is 6.10 Å². The van der Waals surface area contributed by atoms with Gasteiger partial charge in [-0.3, -0.25) is 14.4 Å². The molecule has 0 spiro atoms. The highest BCUT2D eigenvalue weighted by Gasteiger charge is 2.19. The second-order valence-electron chi connectivity index (χ2n) is 20.2. The topological polar surface area (TPSA) is 78.9 Å². The lowest BCUT2D eigenvalue weighted by Gasteiger charge is -2.18. The van der Waals surface area contributed by atoms with Crippen LogP contribution < -0.4 is 0 Å². The molecule has 0 aromatic carbocycles. The SMILES string of the molecule is CCCCCC/C=C\CCCCCCCC(=O)OCC(COC(=O)CCCCCCCCCCC/C=C\CCCCCCCC)OC(=O)CCCCCCCCC/C=C\CCCCCCCCC. The Bertz CT molecular complexity index is 1140. The fraction of sp³-hybridized carbons (Fsp3) is 0.855. The summed E-state index contributed by atoms with van der Waals surface area (Å²) >= 11 is 0. The Morgan fingerprint density at radius 3 is 0.750 bits per heavy atom. The average molecular weight is 956 g/mol. The summed E-state index contributed by atoms with van der Waals surface area (Å²) in [6.45, 7) is 6.65. The van der Waals surface area contributed by atoms with Crippen LogP contribution >= 0.6 is 0 Å². The van der Waals surface area contributed by atoms with Crippen LogP contribution in [0.25, 0.3) is 0 Å². The Hall–Kier alpha value is -2.37. The molecule has 0 aliphatic rings. The molecule has 1 atom stereocenters. The first kappa shape index (κ1) is 65.6. The number of allylic oxidation sites excluding steroid dienone is 6. The first-order chi connectivity index (χ1) is 33.5. The molecule has 0 radical (unpaired) electrons. The number of hydrogen-bond donors (Lipinski definition) is 0. The Morgan fingerprint density at radius 2 is 0.485 bits per heavy atom. The zero-order chi connectivity index (χ0) is 49.3. The molecular weight excluding hydrogens is 841 g/mol. The molecule has 0 rings (SSSR count). The zero-order valence-corrected chi connectivity index (χ0v) is 45.6. The van der Waals surface area contributed by atoms with Crippen LogP contribution in [0.15, 0.2) is 36.5 Å². The molecule has 0 aromatic heterocycles. The van der Waals surface area contributed by atoms with Crippen molar-refractivity contribution >= 4 is 17.9 Å². The summed E-state index contributed by atoms with van der Waals surface area (Å²) < 4.78 is 16.9. The maximum Gasteiger partial charge on any atom is 0.306 e. The molecule has 0 aliphatic heterocycles. The van der Waals surface area contributed by atoms with Gasteiger partial charge in [0.1, 0.15) is 13.2 Å². The van der Waals surface area contributed by atoms with Crippen molar-refractivity contribution < 1.29 is 28.6 Å². The first-order valence-corrected chi connectivity index (χ1v) is 30.0.